The van der Waals surface area contributed by atoms with E-state index < -0.39 is 0 Å². The summed E-state index contributed by atoms with van der Waals surface area (Å²) >= 11 is 3.38. The fraction of sp³-hybridized carbons (Fsp3) is 0.222. The standard InChI is InChI=1S/C9H10N2S2/c1-6-8(4-10)13-9(11-6)7-2-3-12-5-7/h2-3,5H,4,10H2,1H3. The van der Waals surface area contributed by atoms with Gasteiger partial charge in [0.25, 0.3) is 0 Å². The zero-order valence-corrected chi connectivity index (χ0v) is 8.91. The highest BCUT2D eigenvalue weighted by Crippen LogP contribution is 2.28. The van der Waals surface area contributed by atoms with Gasteiger partial charge in [0.2, 0.25) is 0 Å². The van der Waals surface area contributed by atoms with Crippen LogP contribution in [0.5, 0.6) is 0 Å². The molecule has 0 spiro atoms. The Balaban J connectivity index is 2.43. The number of nitrogens with two attached hydrogens (primary N) is 1. The average Bonchev–Trinajstić information content (AvgIpc) is 2.71. The van der Waals surface area contributed by atoms with Crippen molar-refractivity contribution >= 4 is 22.7 Å². The van der Waals surface area contributed by atoms with E-state index >= 15 is 0 Å². The molecule has 68 valence electrons. The predicted octanol–water partition coefficient (Wildman–Crippen LogP) is 2.64. The number of aryl methyl sites for hydroxylation is 1. The molecule has 2 N–H and O–H groups in total. The number of hydrogen-bond acceptors (Lipinski definition) is 4. The van der Waals surface area contributed by atoms with Crippen molar-refractivity contribution in [2.24, 2.45) is 5.73 Å². The Hall–Kier alpha value is -0.710. The van der Waals surface area contributed by atoms with Crippen molar-refractivity contribution in [1.29, 1.82) is 0 Å². The highest BCUT2D eigenvalue weighted by Gasteiger charge is 2.07. The van der Waals surface area contributed by atoms with Crippen molar-refractivity contribution < 1.29 is 0 Å². The van der Waals surface area contributed by atoms with Gasteiger partial charge in [0.05, 0.1) is 5.69 Å². The fourth-order valence-electron chi connectivity index (χ4n) is 1.13. The van der Waals surface area contributed by atoms with Crippen LogP contribution in [0.1, 0.15) is 10.6 Å². The van der Waals surface area contributed by atoms with Crippen molar-refractivity contribution in [2.75, 3.05) is 0 Å². The summed E-state index contributed by atoms with van der Waals surface area (Å²) in [5, 5.41) is 5.26. The molecule has 0 aliphatic heterocycles. The maximum atomic E-state index is 5.59. The summed E-state index contributed by atoms with van der Waals surface area (Å²) in [6.45, 7) is 2.60. The number of thiazole rings is 1. The highest BCUT2D eigenvalue weighted by molar-refractivity contribution is 7.15. The van der Waals surface area contributed by atoms with E-state index in [0.29, 0.717) is 6.54 Å². The fourth-order valence-corrected chi connectivity index (χ4v) is 2.78. The van der Waals surface area contributed by atoms with E-state index in [4.69, 9.17) is 5.73 Å². The van der Waals surface area contributed by atoms with Crippen molar-refractivity contribution in [3.8, 4) is 10.6 Å². The summed E-state index contributed by atoms with van der Waals surface area (Å²) in [7, 11) is 0. The second-order valence-corrected chi connectivity index (χ2v) is 4.61. The molecule has 0 saturated heterocycles. The number of thiophene rings is 1. The number of rotatable bonds is 2. The Morgan fingerprint density at radius 3 is 2.92 bits per heavy atom. The van der Waals surface area contributed by atoms with Crippen LogP contribution in [0.25, 0.3) is 10.6 Å². The average molecular weight is 210 g/mol. The number of hydrogen-bond donors (Lipinski definition) is 1. The van der Waals surface area contributed by atoms with Gasteiger partial charge >= 0.3 is 0 Å². The molecular weight excluding hydrogens is 200 g/mol. The lowest BCUT2D eigenvalue weighted by molar-refractivity contribution is 1.06. The Bertz CT molecular complexity index is 390. The lowest BCUT2D eigenvalue weighted by Crippen LogP contribution is -1.94. The zero-order chi connectivity index (χ0) is 9.26. The van der Waals surface area contributed by atoms with Crippen LogP contribution in [-0.2, 0) is 6.54 Å². The predicted molar refractivity (Wildman–Crippen MR) is 58.1 cm³/mol. The molecule has 0 fully saturated rings. The first kappa shape index (κ1) is 8.87. The minimum absolute atomic E-state index is 0.591. The molecule has 0 amide bonds. The van der Waals surface area contributed by atoms with Crippen LogP contribution in [0.15, 0.2) is 16.8 Å². The topological polar surface area (TPSA) is 38.9 Å². The van der Waals surface area contributed by atoms with Crippen LogP contribution in [0.2, 0.25) is 0 Å². The number of nitrogens with zero attached hydrogens (tertiary/aromatic N) is 1. The van der Waals surface area contributed by atoms with Gasteiger partial charge in [0.15, 0.2) is 0 Å². The molecule has 2 nitrogen and oxygen atoms in total. The van der Waals surface area contributed by atoms with E-state index in [9.17, 15) is 0 Å². The molecule has 2 heterocycles. The van der Waals surface area contributed by atoms with E-state index in [1.165, 1.54) is 10.4 Å². The molecule has 0 atom stereocenters. The molecule has 0 unspecified atom stereocenters. The van der Waals surface area contributed by atoms with Crippen LogP contribution in [-0.4, -0.2) is 4.98 Å². The third kappa shape index (κ3) is 1.65. The van der Waals surface area contributed by atoms with Crippen molar-refractivity contribution in [3.63, 3.8) is 0 Å². The van der Waals surface area contributed by atoms with Gasteiger partial charge in [-0.3, -0.25) is 0 Å². The van der Waals surface area contributed by atoms with E-state index in [1.807, 2.05) is 6.92 Å². The molecule has 0 aliphatic carbocycles. The maximum absolute atomic E-state index is 5.59. The van der Waals surface area contributed by atoms with Crippen LogP contribution in [0.3, 0.4) is 0 Å². The SMILES string of the molecule is Cc1nc(-c2ccsc2)sc1CN. The second kappa shape index (κ2) is 3.57. The van der Waals surface area contributed by atoms with Gasteiger partial charge in [0, 0.05) is 22.4 Å². The third-order valence-electron chi connectivity index (χ3n) is 1.85. The summed E-state index contributed by atoms with van der Waals surface area (Å²) < 4.78 is 0. The van der Waals surface area contributed by atoms with Gasteiger partial charge < -0.3 is 5.73 Å². The monoisotopic (exact) mass is 210 g/mol. The molecule has 2 aromatic heterocycles. The zero-order valence-electron chi connectivity index (χ0n) is 7.28. The summed E-state index contributed by atoms with van der Waals surface area (Å²) in [5.74, 6) is 0. The molecule has 0 aromatic carbocycles. The highest BCUT2D eigenvalue weighted by atomic mass is 32.1. The normalized spacial score (nSPS) is 10.6. The maximum Gasteiger partial charge on any atom is 0.124 e. The third-order valence-corrected chi connectivity index (χ3v) is 3.76. The molecule has 13 heavy (non-hydrogen) atoms. The summed E-state index contributed by atoms with van der Waals surface area (Å²) in [4.78, 5) is 5.65. The van der Waals surface area contributed by atoms with E-state index in [-0.39, 0.29) is 0 Å². The van der Waals surface area contributed by atoms with Gasteiger partial charge in [-0.2, -0.15) is 11.3 Å². The lowest BCUT2D eigenvalue weighted by atomic mass is 10.3. The molecule has 0 aliphatic rings. The summed E-state index contributed by atoms with van der Waals surface area (Å²) in [6.07, 6.45) is 0. The Kier molecular flexibility index (Phi) is 2.44. The summed E-state index contributed by atoms with van der Waals surface area (Å²) in [6, 6.07) is 2.09. The lowest BCUT2D eigenvalue weighted by Gasteiger charge is -1.86. The minimum atomic E-state index is 0.591. The Morgan fingerprint density at radius 2 is 2.38 bits per heavy atom. The molecule has 2 aromatic rings. The van der Waals surface area contributed by atoms with Gasteiger partial charge in [-0.25, -0.2) is 4.98 Å². The molecule has 0 saturated carbocycles. The van der Waals surface area contributed by atoms with Crippen LogP contribution < -0.4 is 5.73 Å². The minimum Gasteiger partial charge on any atom is -0.326 e. The number of aromatic nitrogens is 1. The Morgan fingerprint density at radius 1 is 1.54 bits per heavy atom. The van der Waals surface area contributed by atoms with Gasteiger partial charge in [0.1, 0.15) is 5.01 Å². The smallest absolute Gasteiger partial charge is 0.124 e. The van der Waals surface area contributed by atoms with Gasteiger partial charge in [-0.15, -0.1) is 11.3 Å². The van der Waals surface area contributed by atoms with Crippen LogP contribution in [0, 0.1) is 6.92 Å². The summed E-state index contributed by atoms with van der Waals surface area (Å²) in [5.41, 5.74) is 7.86. The van der Waals surface area contributed by atoms with E-state index in [1.54, 1.807) is 22.7 Å². The van der Waals surface area contributed by atoms with Crippen molar-refractivity contribution in [1.82, 2.24) is 4.98 Å². The second-order valence-electron chi connectivity index (χ2n) is 2.74. The molecule has 0 bridgehead atoms. The van der Waals surface area contributed by atoms with Crippen LogP contribution >= 0.6 is 22.7 Å². The van der Waals surface area contributed by atoms with E-state index in [2.05, 4.69) is 21.8 Å². The molecule has 0 radical (unpaired) electrons. The van der Waals surface area contributed by atoms with Crippen LogP contribution in [0.4, 0.5) is 0 Å². The van der Waals surface area contributed by atoms with Crippen molar-refractivity contribution in [2.45, 2.75) is 13.5 Å². The first-order valence-corrected chi connectivity index (χ1v) is 5.76. The van der Waals surface area contributed by atoms with Gasteiger partial charge in [-0.05, 0) is 18.4 Å². The van der Waals surface area contributed by atoms with Gasteiger partial charge in [-0.1, -0.05) is 0 Å². The molecular formula is C9H10N2S2. The Labute approximate surface area is 85.1 Å². The largest absolute Gasteiger partial charge is 0.326 e. The molecule has 4 heteroatoms. The quantitative estimate of drug-likeness (QED) is 0.827. The van der Waals surface area contributed by atoms with E-state index in [0.717, 1.165) is 10.7 Å². The first-order valence-electron chi connectivity index (χ1n) is 4.00. The molecule has 2 rings (SSSR count). The first-order chi connectivity index (χ1) is 6.31. The van der Waals surface area contributed by atoms with Crippen molar-refractivity contribution in [3.05, 3.63) is 27.4 Å².